The second-order valence-corrected chi connectivity index (χ2v) is 4.14. The fraction of sp³-hybridized carbons (Fsp3) is 0.417. The number of imidazole rings is 1. The Morgan fingerprint density at radius 1 is 1.50 bits per heavy atom. The van der Waals surface area contributed by atoms with E-state index < -0.39 is 0 Å². The van der Waals surface area contributed by atoms with Crippen molar-refractivity contribution in [1.82, 2.24) is 9.55 Å². The van der Waals surface area contributed by atoms with Gasteiger partial charge in [-0.2, -0.15) is 0 Å². The maximum Gasteiger partial charge on any atom is 0.135 e. The normalized spacial score (nSPS) is 15.6. The Kier molecular flexibility index (Phi) is 2.11. The summed E-state index contributed by atoms with van der Waals surface area (Å²) >= 11 is 0. The van der Waals surface area contributed by atoms with Crippen molar-refractivity contribution in [2.45, 2.75) is 25.5 Å². The van der Waals surface area contributed by atoms with E-state index >= 15 is 0 Å². The summed E-state index contributed by atoms with van der Waals surface area (Å²) in [6, 6.07) is 6.33. The summed E-state index contributed by atoms with van der Waals surface area (Å²) < 4.78 is 7.35. The topological polar surface area (TPSA) is 47.3 Å². The van der Waals surface area contributed by atoms with Crippen LogP contribution in [-0.4, -0.2) is 21.8 Å². The largest absolute Gasteiger partial charge is 0.497 e. The Morgan fingerprint density at radius 3 is 2.94 bits per heavy atom. The third-order valence-electron chi connectivity index (χ3n) is 3.02. The van der Waals surface area contributed by atoms with Crippen molar-refractivity contribution in [3.8, 4) is 5.75 Å². The number of hydrogen-bond acceptors (Lipinski definition) is 3. The third-order valence-corrected chi connectivity index (χ3v) is 3.02. The average molecular weight is 218 g/mol. The van der Waals surface area contributed by atoms with Gasteiger partial charge in [-0.25, -0.2) is 4.98 Å². The van der Waals surface area contributed by atoms with E-state index in [1.165, 1.54) is 12.8 Å². The van der Waals surface area contributed by atoms with Gasteiger partial charge in [-0.05, 0) is 25.0 Å². The van der Waals surface area contributed by atoms with Gasteiger partial charge in [-0.15, -0.1) is 0 Å². The van der Waals surface area contributed by atoms with Crippen molar-refractivity contribution in [2.24, 2.45) is 0 Å². The van der Waals surface area contributed by atoms with Crippen molar-refractivity contribution < 1.29 is 9.84 Å². The second kappa shape index (κ2) is 3.49. The first-order valence-electron chi connectivity index (χ1n) is 5.49. The molecule has 1 saturated carbocycles. The molecule has 16 heavy (non-hydrogen) atoms. The summed E-state index contributed by atoms with van der Waals surface area (Å²) in [5.74, 6) is 1.59. The number of hydrogen-bond donors (Lipinski definition) is 1. The SMILES string of the molecule is COc1ccc2nc(CO)n(C3CC3)c2c1. The molecule has 84 valence electrons. The molecule has 1 aliphatic carbocycles. The molecule has 0 unspecified atom stereocenters. The molecule has 1 aromatic heterocycles. The molecule has 2 aromatic rings. The van der Waals surface area contributed by atoms with Crippen molar-refractivity contribution in [1.29, 1.82) is 0 Å². The standard InChI is InChI=1S/C12H14N2O2/c1-16-9-4-5-10-11(6-9)14(8-2-3-8)12(7-15)13-10/h4-6,8,15H,2-3,7H2,1H3. The highest BCUT2D eigenvalue weighted by atomic mass is 16.5. The van der Waals surface area contributed by atoms with Crippen molar-refractivity contribution in [2.75, 3.05) is 7.11 Å². The highest BCUT2D eigenvalue weighted by molar-refractivity contribution is 5.78. The minimum absolute atomic E-state index is 0.00645. The van der Waals surface area contributed by atoms with Crippen LogP contribution >= 0.6 is 0 Å². The fourth-order valence-corrected chi connectivity index (χ4v) is 2.10. The van der Waals surface area contributed by atoms with E-state index in [1.54, 1.807) is 7.11 Å². The molecule has 0 bridgehead atoms. The van der Waals surface area contributed by atoms with Gasteiger partial charge >= 0.3 is 0 Å². The Balaban J connectivity index is 2.24. The molecule has 4 nitrogen and oxygen atoms in total. The lowest BCUT2D eigenvalue weighted by Gasteiger charge is -2.06. The van der Waals surface area contributed by atoms with Gasteiger partial charge in [0.25, 0.3) is 0 Å². The zero-order valence-electron chi connectivity index (χ0n) is 9.18. The maximum atomic E-state index is 9.31. The lowest BCUT2D eigenvalue weighted by atomic mass is 10.3. The molecule has 3 rings (SSSR count). The highest BCUT2D eigenvalue weighted by Gasteiger charge is 2.27. The van der Waals surface area contributed by atoms with E-state index in [4.69, 9.17) is 4.74 Å². The van der Waals surface area contributed by atoms with E-state index in [2.05, 4.69) is 9.55 Å². The van der Waals surface area contributed by atoms with Crippen LogP contribution in [0, 0.1) is 0 Å². The first-order valence-corrected chi connectivity index (χ1v) is 5.49. The molecule has 0 atom stereocenters. The van der Waals surface area contributed by atoms with Gasteiger partial charge in [0.05, 0.1) is 18.1 Å². The van der Waals surface area contributed by atoms with E-state index in [1.807, 2.05) is 18.2 Å². The van der Waals surface area contributed by atoms with Crippen molar-refractivity contribution in [3.05, 3.63) is 24.0 Å². The monoisotopic (exact) mass is 218 g/mol. The number of fused-ring (bicyclic) bond motifs is 1. The number of rotatable bonds is 3. The average Bonchev–Trinajstić information content (AvgIpc) is 3.09. The summed E-state index contributed by atoms with van der Waals surface area (Å²) in [6.07, 6.45) is 2.35. The van der Waals surface area contributed by atoms with Crippen molar-refractivity contribution in [3.63, 3.8) is 0 Å². The number of nitrogens with zero attached hydrogens (tertiary/aromatic N) is 2. The number of aliphatic hydroxyl groups is 1. The van der Waals surface area contributed by atoms with E-state index in [0.717, 1.165) is 22.6 Å². The zero-order valence-corrected chi connectivity index (χ0v) is 9.18. The van der Waals surface area contributed by atoms with Gasteiger partial charge in [0.1, 0.15) is 18.2 Å². The van der Waals surface area contributed by atoms with Gasteiger partial charge in [-0.1, -0.05) is 0 Å². The molecule has 4 heteroatoms. The fourth-order valence-electron chi connectivity index (χ4n) is 2.10. The van der Waals surface area contributed by atoms with Gasteiger partial charge in [0.2, 0.25) is 0 Å². The lowest BCUT2D eigenvalue weighted by Crippen LogP contribution is -2.00. The Labute approximate surface area is 93.5 Å². The molecule has 1 aliphatic rings. The van der Waals surface area contributed by atoms with Gasteiger partial charge in [0.15, 0.2) is 0 Å². The van der Waals surface area contributed by atoms with Crippen LogP contribution < -0.4 is 4.74 Å². The summed E-state index contributed by atoms with van der Waals surface area (Å²) in [5, 5.41) is 9.31. The smallest absolute Gasteiger partial charge is 0.135 e. The molecule has 0 saturated heterocycles. The Bertz CT molecular complexity index is 529. The molecule has 0 amide bonds. The molecular weight excluding hydrogens is 204 g/mol. The predicted molar refractivity (Wildman–Crippen MR) is 60.5 cm³/mol. The summed E-state index contributed by atoms with van der Waals surface area (Å²) in [4.78, 5) is 4.43. The molecule has 0 radical (unpaired) electrons. The molecule has 1 aromatic carbocycles. The van der Waals surface area contributed by atoms with Crippen LogP contribution in [0.3, 0.4) is 0 Å². The minimum atomic E-state index is -0.00645. The van der Waals surface area contributed by atoms with Crippen LogP contribution in [-0.2, 0) is 6.61 Å². The number of aliphatic hydroxyl groups excluding tert-OH is 1. The molecular formula is C12H14N2O2. The third kappa shape index (κ3) is 1.38. The van der Waals surface area contributed by atoms with Gasteiger partial charge in [-0.3, -0.25) is 0 Å². The van der Waals surface area contributed by atoms with Crippen LogP contribution in [0.25, 0.3) is 11.0 Å². The Hall–Kier alpha value is -1.55. The predicted octanol–water partition coefficient (Wildman–Crippen LogP) is 1.87. The molecule has 1 heterocycles. The molecule has 0 spiro atoms. The number of methoxy groups -OCH3 is 1. The number of aromatic nitrogens is 2. The second-order valence-electron chi connectivity index (χ2n) is 4.14. The first-order chi connectivity index (χ1) is 7.83. The molecule has 1 N–H and O–H groups in total. The summed E-state index contributed by atoms with van der Waals surface area (Å²) in [7, 11) is 1.66. The highest BCUT2D eigenvalue weighted by Crippen LogP contribution is 2.39. The first kappa shape index (κ1) is 9.66. The van der Waals surface area contributed by atoms with E-state index in [-0.39, 0.29) is 6.61 Å². The molecule has 1 fully saturated rings. The van der Waals surface area contributed by atoms with Crippen molar-refractivity contribution >= 4 is 11.0 Å². The summed E-state index contributed by atoms with van der Waals surface area (Å²) in [6.45, 7) is -0.00645. The van der Waals surface area contributed by atoms with Gasteiger partial charge in [0, 0.05) is 12.1 Å². The zero-order chi connectivity index (χ0) is 11.1. The van der Waals surface area contributed by atoms with Gasteiger partial charge < -0.3 is 14.4 Å². The lowest BCUT2D eigenvalue weighted by molar-refractivity contribution is 0.266. The maximum absolute atomic E-state index is 9.31. The van der Waals surface area contributed by atoms with Crippen LogP contribution in [0.15, 0.2) is 18.2 Å². The Morgan fingerprint density at radius 2 is 2.31 bits per heavy atom. The van der Waals surface area contributed by atoms with E-state index in [0.29, 0.717) is 6.04 Å². The van der Waals surface area contributed by atoms with Crippen LogP contribution in [0.1, 0.15) is 24.7 Å². The quantitative estimate of drug-likeness (QED) is 0.855. The van der Waals surface area contributed by atoms with Crippen LogP contribution in [0.4, 0.5) is 0 Å². The summed E-state index contributed by atoms with van der Waals surface area (Å²) in [5.41, 5.74) is 1.99. The minimum Gasteiger partial charge on any atom is -0.497 e. The van der Waals surface area contributed by atoms with Crippen LogP contribution in [0.5, 0.6) is 5.75 Å². The molecule has 0 aliphatic heterocycles. The van der Waals surface area contributed by atoms with E-state index in [9.17, 15) is 5.11 Å². The van der Waals surface area contributed by atoms with Crippen LogP contribution in [0.2, 0.25) is 0 Å². The number of benzene rings is 1. The number of ether oxygens (including phenoxy) is 1.